The molecule has 1 saturated heterocycles. The van der Waals surface area contributed by atoms with Gasteiger partial charge in [-0.15, -0.1) is 0 Å². The zero-order valence-corrected chi connectivity index (χ0v) is 15.2. The molecule has 26 heavy (non-hydrogen) atoms. The summed E-state index contributed by atoms with van der Waals surface area (Å²) in [5, 5.41) is 22.3. The number of benzene rings is 2. The number of aromatic hydroxyl groups is 1. The largest absolute Gasteiger partial charge is 0.507 e. The molecule has 6 nitrogen and oxygen atoms in total. The zero-order chi connectivity index (χ0) is 18.8. The van der Waals surface area contributed by atoms with Crippen LogP contribution < -0.4 is 5.32 Å². The molecule has 9 heteroatoms. The number of nitrogens with one attached hydrogen (secondary N) is 1. The topological polar surface area (TPSA) is 99.0 Å². The standard InChI is InChI=1S/C17H10Cl2N2O4S/c18-11-2-1-3-12(19)10(11)7-14-15(23)21-17(26-14)20-8-4-5-9(16(24)25)13(22)6-8/h1-7,22H,(H,24,25)(H,20,21,23)/b14-7-. The number of phenols is 1. The van der Waals surface area contributed by atoms with Gasteiger partial charge in [0.1, 0.15) is 11.3 Å². The third kappa shape index (κ3) is 3.85. The Kier molecular flexibility index (Phi) is 5.22. The van der Waals surface area contributed by atoms with Crippen LogP contribution in [0, 0.1) is 0 Å². The van der Waals surface area contributed by atoms with Crippen LogP contribution in [0.25, 0.3) is 6.08 Å². The number of aromatic carboxylic acids is 1. The lowest BCUT2D eigenvalue weighted by Crippen LogP contribution is -2.19. The molecule has 2 aromatic rings. The maximum Gasteiger partial charge on any atom is 0.339 e. The van der Waals surface area contributed by atoms with E-state index in [1.165, 1.54) is 18.2 Å². The molecule has 0 radical (unpaired) electrons. The Bertz CT molecular complexity index is 968. The first kappa shape index (κ1) is 18.3. The van der Waals surface area contributed by atoms with Gasteiger partial charge >= 0.3 is 5.97 Å². The summed E-state index contributed by atoms with van der Waals surface area (Å²) in [6, 6.07) is 8.90. The van der Waals surface area contributed by atoms with Crippen LogP contribution >= 0.6 is 35.0 Å². The zero-order valence-electron chi connectivity index (χ0n) is 12.9. The molecule has 1 aliphatic heterocycles. The number of carbonyl (C=O) groups is 2. The van der Waals surface area contributed by atoms with Crippen molar-refractivity contribution in [1.82, 2.24) is 5.32 Å². The van der Waals surface area contributed by atoms with Crippen LogP contribution in [0.15, 0.2) is 46.3 Å². The maximum absolute atomic E-state index is 12.1. The lowest BCUT2D eigenvalue weighted by atomic mass is 10.2. The van der Waals surface area contributed by atoms with E-state index in [0.717, 1.165) is 11.8 Å². The SMILES string of the molecule is O=C1NC(=Nc2ccc(C(=O)O)c(O)c2)S/C1=C\c1c(Cl)cccc1Cl. The van der Waals surface area contributed by atoms with E-state index in [4.69, 9.17) is 28.3 Å². The fourth-order valence-corrected chi connectivity index (χ4v) is 3.48. The molecule has 0 saturated carbocycles. The number of aliphatic imine (C=N–C) groups is 1. The Morgan fingerprint density at radius 1 is 1.19 bits per heavy atom. The average molecular weight is 409 g/mol. The number of carboxylic acids is 1. The average Bonchev–Trinajstić information content (AvgIpc) is 2.90. The Balaban J connectivity index is 1.88. The number of thioether (sulfide) groups is 1. The highest BCUT2D eigenvalue weighted by Gasteiger charge is 2.24. The first-order valence-corrected chi connectivity index (χ1v) is 8.72. The van der Waals surface area contributed by atoms with Gasteiger partial charge in [0.25, 0.3) is 5.91 Å². The molecule has 2 aromatic carbocycles. The van der Waals surface area contributed by atoms with Gasteiger partial charge in [0.15, 0.2) is 5.17 Å². The van der Waals surface area contributed by atoms with E-state index in [0.29, 0.717) is 26.2 Å². The minimum Gasteiger partial charge on any atom is -0.507 e. The summed E-state index contributed by atoms with van der Waals surface area (Å²) < 4.78 is 0. The summed E-state index contributed by atoms with van der Waals surface area (Å²) in [6.45, 7) is 0. The van der Waals surface area contributed by atoms with E-state index < -0.39 is 11.7 Å². The van der Waals surface area contributed by atoms with Crippen molar-refractivity contribution in [3.8, 4) is 5.75 Å². The van der Waals surface area contributed by atoms with E-state index in [2.05, 4.69) is 10.3 Å². The number of hydrogen-bond acceptors (Lipinski definition) is 5. The Morgan fingerprint density at radius 3 is 2.50 bits per heavy atom. The predicted octanol–water partition coefficient (Wildman–Crippen LogP) is 4.29. The molecule has 0 atom stereocenters. The summed E-state index contributed by atoms with van der Waals surface area (Å²) in [5.74, 6) is -2.02. The molecular weight excluding hydrogens is 399 g/mol. The highest BCUT2D eigenvalue weighted by atomic mass is 35.5. The predicted molar refractivity (Wildman–Crippen MR) is 102 cm³/mol. The van der Waals surface area contributed by atoms with Gasteiger partial charge in [-0.25, -0.2) is 9.79 Å². The summed E-state index contributed by atoms with van der Waals surface area (Å²) >= 11 is 13.3. The van der Waals surface area contributed by atoms with Crippen molar-refractivity contribution >= 4 is 63.8 Å². The van der Waals surface area contributed by atoms with Gasteiger partial charge in [-0.05, 0) is 42.1 Å². The second-order valence-corrected chi connectivity index (χ2v) is 6.97. The third-order valence-electron chi connectivity index (χ3n) is 3.37. The van der Waals surface area contributed by atoms with Crippen LogP contribution in [0.5, 0.6) is 5.75 Å². The summed E-state index contributed by atoms with van der Waals surface area (Å²) in [5.41, 5.74) is 0.594. The number of carbonyl (C=O) groups excluding carboxylic acids is 1. The first-order chi connectivity index (χ1) is 12.3. The molecule has 0 spiro atoms. The van der Waals surface area contributed by atoms with Crippen LogP contribution in [-0.4, -0.2) is 27.3 Å². The van der Waals surface area contributed by atoms with Gasteiger partial charge in [-0.3, -0.25) is 4.79 Å². The van der Waals surface area contributed by atoms with Gasteiger partial charge in [-0.1, -0.05) is 29.3 Å². The van der Waals surface area contributed by atoms with E-state index >= 15 is 0 Å². The molecule has 3 N–H and O–H groups in total. The second kappa shape index (κ2) is 7.41. The van der Waals surface area contributed by atoms with Crippen molar-refractivity contribution in [2.45, 2.75) is 0 Å². The molecule has 1 aliphatic rings. The number of rotatable bonds is 3. The number of carboxylic acid groups (broad SMARTS) is 1. The van der Waals surface area contributed by atoms with Crippen molar-refractivity contribution in [2.75, 3.05) is 0 Å². The molecule has 1 fully saturated rings. The van der Waals surface area contributed by atoms with Crippen LogP contribution in [-0.2, 0) is 4.79 Å². The maximum atomic E-state index is 12.1. The molecule has 3 rings (SSSR count). The van der Waals surface area contributed by atoms with Crippen molar-refractivity contribution in [3.63, 3.8) is 0 Å². The minimum absolute atomic E-state index is 0.231. The number of hydrogen-bond donors (Lipinski definition) is 3. The highest BCUT2D eigenvalue weighted by Crippen LogP contribution is 2.33. The van der Waals surface area contributed by atoms with Crippen molar-refractivity contribution in [3.05, 3.63) is 62.5 Å². The van der Waals surface area contributed by atoms with E-state index in [9.17, 15) is 14.7 Å². The van der Waals surface area contributed by atoms with E-state index in [1.54, 1.807) is 24.3 Å². The lowest BCUT2D eigenvalue weighted by molar-refractivity contribution is -0.115. The third-order valence-corrected chi connectivity index (χ3v) is 4.94. The van der Waals surface area contributed by atoms with Gasteiger partial charge in [0.05, 0.1) is 10.6 Å². The van der Waals surface area contributed by atoms with Crippen molar-refractivity contribution in [2.24, 2.45) is 4.99 Å². The van der Waals surface area contributed by atoms with Crippen LogP contribution in [0.3, 0.4) is 0 Å². The van der Waals surface area contributed by atoms with Gasteiger partial charge < -0.3 is 15.5 Å². The Morgan fingerprint density at radius 2 is 1.88 bits per heavy atom. The normalized spacial score (nSPS) is 16.9. The van der Waals surface area contributed by atoms with Crippen LogP contribution in [0.2, 0.25) is 10.0 Å². The number of amidine groups is 1. The summed E-state index contributed by atoms with van der Waals surface area (Å²) in [7, 11) is 0. The second-order valence-electron chi connectivity index (χ2n) is 5.12. The van der Waals surface area contributed by atoms with Crippen molar-refractivity contribution in [1.29, 1.82) is 0 Å². The first-order valence-electron chi connectivity index (χ1n) is 7.15. The molecule has 0 aliphatic carbocycles. The quantitative estimate of drug-likeness (QED) is 0.657. The molecule has 0 bridgehead atoms. The summed E-state index contributed by atoms with van der Waals surface area (Å²) in [6.07, 6.45) is 1.57. The molecule has 132 valence electrons. The summed E-state index contributed by atoms with van der Waals surface area (Å²) in [4.78, 5) is 27.6. The van der Waals surface area contributed by atoms with E-state index in [1.807, 2.05) is 0 Å². The number of halogens is 2. The number of nitrogens with zero attached hydrogens (tertiary/aromatic N) is 1. The molecule has 0 aromatic heterocycles. The number of amides is 1. The smallest absolute Gasteiger partial charge is 0.339 e. The molecule has 1 amide bonds. The fraction of sp³-hybridized carbons (Fsp3) is 0. The van der Waals surface area contributed by atoms with Crippen LogP contribution in [0.1, 0.15) is 15.9 Å². The monoisotopic (exact) mass is 408 g/mol. The molecule has 1 heterocycles. The minimum atomic E-state index is -1.24. The van der Waals surface area contributed by atoms with Crippen LogP contribution in [0.4, 0.5) is 5.69 Å². The molecule has 0 unspecified atom stereocenters. The van der Waals surface area contributed by atoms with Gasteiger partial charge in [0.2, 0.25) is 0 Å². The van der Waals surface area contributed by atoms with Crippen molar-refractivity contribution < 1.29 is 19.8 Å². The lowest BCUT2D eigenvalue weighted by Gasteiger charge is -2.02. The van der Waals surface area contributed by atoms with Gasteiger partial charge in [-0.2, -0.15) is 0 Å². The highest BCUT2D eigenvalue weighted by molar-refractivity contribution is 8.18. The van der Waals surface area contributed by atoms with E-state index in [-0.39, 0.29) is 16.6 Å². The Labute approximate surface area is 162 Å². The Hall–Kier alpha value is -2.48. The van der Waals surface area contributed by atoms with Gasteiger partial charge in [0, 0.05) is 21.7 Å². The fourth-order valence-electron chi connectivity index (χ4n) is 2.15. The molecular formula is C17H10Cl2N2O4S.